The van der Waals surface area contributed by atoms with Crippen molar-refractivity contribution in [3.63, 3.8) is 0 Å². The van der Waals surface area contributed by atoms with Crippen molar-refractivity contribution >= 4 is 5.76 Å². The van der Waals surface area contributed by atoms with Crippen molar-refractivity contribution in [2.24, 2.45) is 0 Å². The minimum Gasteiger partial charge on any atom is -0.508 e. The second kappa shape index (κ2) is 3.70. The molecular formula is C14H10O4. The molecule has 0 atom stereocenters. The van der Waals surface area contributed by atoms with Crippen molar-refractivity contribution in [1.29, 1.82) is 0 Å². The van der Waals surface area contributed by atoms with Gasteiger partial charge in [0.05, 0.1) is 0 Å². The van der Waals surface area contributed by atoms with Gasteiger partial charge in [-0.1, -0.05) is 24.3 Å². The van der Waals surface area contributed by atoms with Crippen LogP contribution in [0.25, 0.3) is 5.76 Å². The lowest BCUT2D eigenvalue weighted by Crippen LogP contribution is -2.05. The highest BCUT2D eigenvalue weighted by Gasteiger charge is 2.22. The molecule has 0 saturated carbocycles. The highest BCUT2D eigenvalue weighted by atomic mass is 16.5. The van der Waals surface area contributed by atoms with Crippen LogP contribution in [0, 0.1) is 0 Å². The number of hydrogen-bond donors (Lipinski definition) is 3. The third kappa shape index (κ3) is 1.55. The van der Waals surface area contributed by atoms with E-state index in [0.29, 0.717) is 5.76 Å². The number of phenolic OH excluding ortho intramolecular Hbond substituents is 2. The van der Waals surface area contributed by atoms with E-state index in [1.807, 2.05) is 24.3 Å². The van der Waals surface area contributed by atoms with Crippen LogP contribution < -0.4 is 4.74 Å². The van der Waals surface area contributed by atoms with E-state index in [2.05, 4.69) is 0 Å². The Kier molecular flexibility index (Phi) is 2.16. The molecule has 90 valence electrons. The van der Waals surface area contributed by atoms with Crippen LogP contribution in [0.5, 0.6) is 17.2 Å². The van der Waals surface area contributed by atoms with Gasteiger partial charge in [-0.15, -0.1) is 0 Å². The van der Waals surface area contributed by atoms with Crippen LogP contribution in [-0.2, 0) is 0 Å². The number of hydrogen-bond acceptors (Lipinski definition) is 4. The fourth-order valence-corrected chi connectivity index (χ4v) is 1.95. The number of phenols is 2. The smallest absolute Gasteiger partial charge is 0.145 e. The minimum absolute atomic E-state index is 0.0926. The summed E-state index contributed by atoms with van der Waals surface area (Å²) in [5.41, 5.74) is 0.998. The van der Waals surface area contributed by atoms with Crippen LogP contribution >= 0.6 is 0 Å². The number of aromatic hydroxyl groups is 2. The van der Waals surface area contributed by atoms with Gasteiger partial charge in [0, 0.05) is 23.8 Å². The summed E-state index contributed by atoms with van der Waals surface area (Å²) in [5.74, 6) is 0.256. The van der Waals surface area contributed by atoms with E-state index < -0.39 is 0 Å². The lowest BCUT2D eigenvalue weighted by atomic mass is 10.1. The highest BCUT2D eigenvalue weighted by molar-refractivity contribution is 5.76. The van der Waals surface area contributed by atoms with E-state index in [1.54, 1.807) is 0 Å². The van der Waals surface area contributed by atoms with E-state index in [4.69, 9.17) is 4.74 Å². The molecule has 0 fully saturated rings. The Morgan fingerprint density at radius 2 is 1.67 bits per heavy atom. The van der Waals surface area contributed by atoms with Crippen LogP contribution in [-0.4, -0.2) is 15.3 Å². The van der Waals surface area contributed by atoms with Gasteiger partial charge in [-0.2, -0.15) is 0 Å². The molecule has 0 aromatic heterocycles. The number of aliphatic hydroxyl groups excluding tert-OH is 1. The van der Waals surface area contributed by atoms with Gasteiger partial charge in [0.15, 0.2) is 0 Å². The first kappa shape index (κ1) is 10.5. The van der Waals surface area contributed by atoms with Gasteiger partial charge in [-0.3, -0.25) is 0 Å². The fourth-order valence-electron chi connectivity index (χ4n) is 1.95. The SMILES string of the molecule is OC1=CC(=C2C=CC=C2)Oc2cc(O)cc(O)c21. The molecule has 0 amide bonds. The van der Waals surface area contributed by atoms with Crippen LogP contribution in [0.4, 0.5) is 0 Å². The van der Waals surface area contributed by atoms with Crippen molar-refractivity contribution in [2.75, 3.05) is 0 Å². The quantitative estimate of drug-likeness (QED) is 0.654. The third-order valence-electron chi connectivity index (χ3n) is 2.76. The van der Waals surface area contributed by atoms with Gasteiger partial charge in [0.1, 0.15) is 34.3 Å². The highest BCUT2D eigenvalue weighted by Crippen LogP contribution is 2.41. The summed E-state index contributed by atoms with van der Waals surface area (Å²) < 4.78 is 5.57. The Morgan fingerprint density at radius 1 is 0.944 bits per heavy atom. The van der Waals surface area contributed by atoms with Gasteiger partial charge in [-0.25, -0.2) is 0 Å². The summed E-state index contributed by atoms with van der Waals surface area (Å²) in [5, 5.41) is 29.0. The predicted octanol–water partition coefficient (Wildman–Crippen LogP) is 2.77. The summed E-state index contributed by atoms with van der Waals surface area (Å²) >= 11 is 0. The van der Waals surface area contributed by atoms with Crippen LogP contribution in [0.3, 0.4) is 0 Å². The molecule has 1 aliphatic carbocycles. The second-order valence-corrected chi connectivity index (χ2v) is 4.01. The summed E-state index contributed by atoms with van der Waals surface area (Å²) in [7, 11) is 0. The van der Waals surface area contributed by atoms with Gasteiger partial charge >= 0.3 is 0 Å². The van der Waals surface area contributed by atoms with Crippen molar-refractivity contribution in [3.05, 3.63) is 59.4 Å². The van der Waals surface area contributed by atoms with E-state index in [1.165, 1.54) is 12.1 Å². The van der Waals surface area contributed by atoms with Crippen molar-refractivity contribution in [2.45, 2.75) is 0 Å². The Balaban J connectivity index is 2.18. The number of allylic oxidation sites excluding steroid dienone is 6. The number of ether oxygens (including phenoxy) is 1. The average Bonchev–Trinajstić information content (AvgIpc) is 2.80. The number of rotatable bonds is 0. The topological polar surface area (TPSA) is 69.9 Å². The lowest BCUT2D eigenvalue weighted by molar-refractivity contribution is 0.393. The van der Waals surface area contributed by atoms with Crippen molar-refractivity contribution < 1.29 is 20.1 Å². The lowest BCUT2D eigenvalue weighted by Gasteiger charge is -2.19. The van der Waals surface area contributed by atoms with Crippen LogP contribution in [0.15, 0.2) is 53.8 Å². The van der Waals surface area contributed by atoms with Crippen LogP contribution in [0.1, 0.15) is 5.56 Å². The monoisotopic (exact) mass is 242 g/mol. The first-order chi connectivity index (χ1) is 8.65. The van der Waals surface area contributed by atoms with Gasteiger partial charge < -0.3 is 20.1 Å². The summed E-state index contributed by atoms with van der Waals surface area (Å²) in [6, 6.07) is 2.50. The Bertz CT molecular complexity index is 634. The van der Waals surface area contributed by atoms with Gasteiger partial charge in [-0.05, 0) is 0 Å². The summed E-state index contributed by atoms with van der Waals surface area (Å²) in [6.45, 7) is 0. The maximum absolute atomic E-state index is 9.92. The standard InChI is InChI=1S/C14H10O4/c15-9-5-10(16)14-11(17)7-12(18-13(14)6-9)8-3-1-2-4-8/h1-7,15-17H. The van der Waals surface area contributed by atoms with E-state index in [9.17, 15) is 15.3 Å². The van der Waals surface area contributed by atoms with Gasteiger partial charge in [0.2, 0.25) is 0 Å². The number of fused-ring (bicyclic) bond motifs is 1. The summed E-state index contributed by atoms with van der Waals surface area (Å²) in [6.07, 6.45) is 8.83. The molecule has 4 nitrogen and oxygen atoms in total. The van der Waals surface area contributed by atoms with Crippen molar-refractivity contribution in [1.82, 2.24) is 0 Å². The van der Waals surface area contributed by atoms with E-state index in [-0.39, 0.29) is 28.6 Å². The summed E-state index contributed by atoms with van der Waals surface area (Å²) in [4.78, 5) is 0. The molecule has 2 aliphatic rings. The average molecular weight is 242 g/mol. The number of aliphatic hydroxyl groups is 1. The Hall–Kier alpha value is -2.62. The largest absolute Gasteiger partial charge is 0.508 e. The molecule has 0 saturated heterocycles. The second-order valence-electron chi connectivity index (χ2n) is 4.01. The zero-order chi connectivity index (χ0) is 12.7. The molecule has 0 spiro atoms. The normalized spacial score (nSPS) is 16.6. The van der Waals surface area contributed by atoms with E-state index in [0.717, 1.165) is 11.6 Å². The maximum Gasteiger partial charge on any atom is 0.145 e. The van der Waals surface area contributed by atoms with E-state index >= 15 is 0 Å². The molecule has 18 heavy (non-hydrogen) atoms. The molecule has 1 aromatic rings. The fraction of sp³-hybridized carbons (Fsp3) is 0. The molecule has 4 heteroatoms. The van der Waals surface area contributed by atoms with Crippen molar-refractivity contribution in [3.8, 4) is 17.2 Å². The van der Waals surface area contributed by atoms with Crippen LogP contribution in [0.2, 0.25) is 0 Å². The third-order valence-corrected chi connectivity index (χ3v) is 2.76. The first-order valence-electron chi connectivity index (χ1n) is 5.39. The first-order valence-corrected chi connectivity index (χ1v) is 5.39. The molecule has 0 unspecified atom stereocenters. The maximum atomic E-state index is 9.92. The molecule has 1 heterocycles. The minimum atomic E-state index is -0.222. The Labute approximate surface area is 103 Å². The molecule has 3 N–H and O–H groups in total. The Morgan fingerprint density at radius 3 is 2.39 bits per heavy atom. The molecule has 1 aromatic carbocycles. The van der Waals surface area contributed by atoms with Gasteiger partial charge in [0.25, 0.3) is 0 Å². The molecule has 3 rings (SSSR count). The molecule has 1 aliphatic heterocycles. The number of benzene rings is 1. The molecular weight excluding hydrogens is 232 g/mol. The molecule has 0 radical (unpaired) electrons. The molecule has 0 bridgehead atoms. The zero-order valence-corrected chi connectivity index (χ0v) is 9.29. The zero-order valence-electron chi connectivity index (χ0n) is 9.29. The predicted molar refractivity (Wildman–Crippen MR) is 66.3 cm³/mol.